The zero-order valence-corrected chi connectivity index (χ0v) is 13.9. The molecule has 24 heavy (non-hydrogen) atoms. The minimum absolute atomic E-state index is 0.109. The Labute approximate surface area is 142 Å². The summed E-state index contributed by atoms with van der Waals surface area (Å²) in [6, 6.07) is 17.0. The van der Waals surface area contributed by atoms with Crippen molar-refractivity contribution < 1.29 is 9.84 Å². The van der Waals surface area contributed by atoms with E-state index in [1.807, 2.05) is 12.1 Å². The van der Waals surface area contributed by atoms with Gasteiger partial charge in [-0.25, -0.2) is 0 Å². The molecule has 0 spiro atoms. The number of hydrazone groups is 1. The minimum Gasteiger partial charge on any atom is -0.497 e. The lowest BCUT2D eigenvalue weighted by Crippen LogP contribution is -2.30. The summed E-state index contributed by atoms with van der Waals surface area (Å²) >= 11 is 0. The highest BCUT2D eigenvalue weighted by Crippen LogP contribution is 2.43. The third kappa shape index (κ3) is 2.47. The standard InChI is InChI=1S/C20H22N2O2/c1-24-16-9-6-15(7-10-16)20-18-11-8-14-4-2-3-5-17(14)19(18)21-22(20)12-13-23/h2-7,9-10,18,20,23H,8,11-13H2,1H3/t18-,20-/m0/s1. The number of ether oxygens (including phenoxy) is 1. The van der Waals surface area contributed by atoms with Gasteiger partial charge in [0.1, 0.15) is 5.75 Å². The van der Waals surface area contributed by atoms with Crippen molar-refractivity contribution in [3.63, 3.8) is 0 Å². The molecule has 4 heteroatoms. The van der Waals surface area contributed by atoms with Gasteiger partial charge in [0.15, 0.2) is 0 Å². The first-order chi connectivity index (χ1) is 11.8. The predicted octanol–water partition coefficient (Wildman–Crippen LogP) is 3.01. The largest absolute Gasteiger partial charge is 0.497 e. The van der Waals surface area contributed by atoms with Gasteiger partial charge in [0.25, 0.3) is 0 Å². The van der Waals surface area contributed by atoms with Crippen molar-refractivity contribution in [3.05, 3.63) is 65.2 Å². The van der Waals surface area contributed by atoms with Crippen molar-refractivity contribution in [2.45, 2.75) is 18.9 Å². The number of aliphatic hydroxyl groups excluding tert-OH is 1. The summed E-state index contributed by atoms with van der Waals surface area (Å²) in [5.74, 6) is 1.24. The van der Waals surface area contributed by atoms with E-state index in [0.29, 0.717) is 12.5 Å². The molecule has 0 fully saturated rings. The molecule has 0 radical (unpaired) electrons. The first-order valence-electron chi connectivity index (χ1n) is 8.50. The number of aliphatic hydroxyl groups is 1. The minimum atomic E-state index is 0.109. The van der Waals surface area contributed by atoms with Gasteiger partial charge in [-0.05, 0) is 36.1 Å². The maximum Gasteiger partial charge on any atom is 0.118 e. The highest BCUT2D eigenvalue weighted by Gasteiger charge is 2.40. The van der Waals surface area contributed by atoms with E-state index in [1.54, 1.807) is 7.11 Å². The molecule has 2 atom stereocenters. The molecule has 2 aliphatic rings. The Morgan fingerprint density at radius 2 is 1.96 bits per heavy atom. The van der Waals surface area contributed by atoms with Crippen LogP contribution in [-0.2, 0) is 6.42 Å². The molecule has 0 amide bonds. The van der Waals surface area contributed by atoms with Crippen molar-refractivity contribution in [3.8, 4) is 5.75 Å². The number of hydrogen-bond donors (Lipinski definition) is 1. The molecular formula is C20H22N2O2. The van der Waals surface area contributed by atoms with Crippen LogP contribution in [0.4, 0.5) is 0 Å². The van der Waals surface area contributed by atoms with Crippen LogP contribution in [0.25, 0.3) is 0 Å². The van der Waals surface area contributed by atoms with E-state index in [-0.39, 0.29) is 12.6 Å². The van der Waals surface area contributed by atoms with Gasteiger partial charge in [0.05, 0.1) is 32.0 Å². The van der Waals surface area contributed by atoms with Crippen LogP contribution < -0.4 is 4.74 Å². The molecule has 2 aromatic rings. The Morgan fingerprint density at radius 1 is 1.17 bits per heavy atom. The predicted molar refractivity (Wildman–Crippen MR) is 94.3 cm³/mol. The second kappa shape index (κ2) is 6.29. The summed E-state index contributed by atoms with van der Waals surface area (Å²) in [6.07, 6.45) is 2.17. The van der Waals surface area contributed by atoms with Crippen LogP contribution in [0.5, 0.6) is 5.75 Å². The third-order valence-corrected chi connectivity index (χ3v) is 5.09. The van der Waals surface area contributed by atoms with E-state index in [1.165, 1.54) is 22.4 Å². The van der Waals surface area contributed by atoms with Crippen LogP contribution in [0, 0.1) is 5.92 Å². The van der Waals surface area contributed by atoms with Crippen molar-refractivity contribution in [2.24, 2.45) is 11.0 Å². The lowest BCUT2D eigenvalue weighted by molar-refractivity contribution is 0.152. The van der Waals surface area contributed by atoms with Gasteiger partial charge in [-0.1, -0.05) is 36.4 Å². The van der Waals surface area contributed by atoms with Crippen LogP contribution in [0.15, 0.2) is 53.6 Å². The summed E-state index contributed by atoms with van der Waals surface area (Å²) in [7, 11) is 1.68. The Hall–Kier alpha value is -2.33. The quantitative estimate of drug-likeness (QED) is 0.941. The zero-order valence-electron chi connectivity index (χ0n) is 13.9. The second-order valence-corrected chi connectivity index (χ2v) is 6.39. The molecule has 124 valence electrons. The maximum absolute atomic E-state index is 9.47. The molecule has 0 aromatic heterocycles. The number of fused-ring (bicyclic) bond motifs is 3. The topological polar surface area (TPSA) is 45.1 Å². The van der Waals surface area contributed by atoms with Gasteiger partial charge in [0.2, 0.25) is 0 Å². The Balaban J connectivity index is 1.72. The number of aryl methyl sites for hydroxylation is 1. The second-order valence-electron chi connectivity index (χ2n) is 6.39. The van der Waals surface area contributed by atoms with Crippen molar-refractivity contribution in [1.82, 2.24) is 5.01 Å². The molecule has 2 aromatic carbocycles. The first kappa shape index (κ1) is 15.2. The molecule has 1 aliphatic carbocycles. The smallest absolute Gasteiger partial charge is 0.118 e. The maximum atomic E-state index is 9.47. The van der Waals surface area contributed by atoms with Crippen molar-refractivity contribution >= 4 is 5.71 Å². The Morgan fingerprint density at radius 3 is 2.71 bits per heavy atom. The molecule has 1 heterocycles. The molecule has 0 unspecified atom stereocenters. The zero-order chi connectivity index (χ0) is 16.5. The molecule has 4 nitrogen and oxygen atoms in total. The van der Waals surface area contributed by atoms with Gasteiger partial charge in [-0.15, -0.1) is 0 Å². The molecule has 1 N–H and O–H groups in total. The SMILES string of the molecule is COc1ccc([C@H]2[C@H]3CCc4ccccc4C3=NN2CCO)cc1. The van der Waals surface area contributed by atoms with E-state index in [0.717, 1.165) is 18.6 Å². The summed E-state index contributed by atoms with van der Waals surface area (Å²) < 4.78 is 5.28. The number of benzene rings is 2. The third-order valence-electron chi connectivity index (χ3n) is 5.09. The number of methoxy groups -OCH3 is 1. The van der Waals surface area contributed by atoms with Crippen LogP contribution >= 0.6 is 0 Å². The lowest BCUT2D eigenvalue weighted by Gasteiger charge is -2.30. The summed E-state index contributed by atoms with van der Waals surface area (Å²) in [5, 5.41) is 16.4. The van der Waals surface area contributed by atoms with Gasteiger partial charge < -0.3 is 9.84 Å². The highest BCUT2D eigenvalue weighted by atomic mass is 16.5. The Bertz CT molecular complexity index is 754. The monoisotopic (exact) mass is 322 g/mol. The lowest BCUT2D eigenvalue weighted by atomic mass is 9.77. The van der Waals surface area contributed by atoms with Crippen LogP contribution in [0.2, 0.25) is 0 Å². The van der Waals surface area contributed by atoms with E-state index in [9.17, 15) is 5.11 Å². The highest BCUT2D eigenvalue weighted by molar-refractivity contribution is 6.05. The molecule has 4 rings (SSSR count). The molecule has 0 bridgehead atoms. The average Bonchev–Trinajstić information content (AvgIpc) is 3.00. The van der Waals surface area contributed by atoms with Crippen LogP contribution in [-0.4, -0.2) is 36.1 Å². The van der Waals surface area contributed by atoms with Gasteiger partial charge in [-0.2, -0.15) is 5.10 Å². The number of rotatable bonds is 4. The summed E-state index contributed by atoms with van der Waals surface area (Å²) in [6.45, 7) is 0.663. The molecular weight excluding hydrogens is 300 g/mol. The van der Waals surface area contributed by atoms with E-state index in [4.69, 9.17) is 9.84 Å². The fourth-order valence-corrected chi connectivity index (χ4v) is 3.98. The molecule has 0 saturated carbocycles. The van der Waals surface area contributed by atoms with Crippen LogP contribution in [0.1, 0.15) is 29.2 Å². The van der Waals surface area contributed by atoms with Crippen LogP contribution in [0.3, 0.4) is 0 Å². The molecule has 1 aliphatic heterocycles. The van der Waals surface area contributed by atoms with Crippen molar-refractivity contribution in [1.29, 1.82) is 0 Å². The van der Waals surface area contributed by atoms with E-state index in [2.05, 4.69) is 41.4 Å². The normalized spacial score (nSPS) is 21.9. The number of β-amino-alcohol motifs (C(OH)–C–C–N with tert-alkyl or cyclic N) is 1. The first-order valence-corrected chi connectivity index (χ1v) is 8.50. The fraction of sp³-hybridized carbons (Fsp3) is 0.350. The molecule has 0 saturated heterocycles. The van der Waals surface area contributed by atoms with E-state index >= 15 is 0 Å². The van der Waals surface area contributed by atoms with Crippen molar-refractivity contribution in [2.75, 3.05) is 20.3 Å². The fourth-order valence-electron chi connectivity index (χ4n) is 3.98. The summed E-state index contributed by atoms with van der Waals surface area (Å²) in [5.41, 5.74) is 5.05. The van der Waals surface area contributed by atoms with Gasteiger partial charge in [-0.3, -0.25) is 5.01 Å². The average molecular weight is 322 g/mol. The number of hydrogen-bond acceptors (Lipinski definition) is 4. The van der Waals surface area contributed by atoms with Gasteiger partial charge >= 0.3 is 0 Å². The van der Waals surface area contributed by atoms with E-state index < -0.39 is 0 Å². The number of nitrogens with zero attached hydrogens (tertiary/aromatic N) is 2. The summed E-state index contributed by atoms with van der Waals surface area (Å²) in [4.78, 5) is 0. The van der Waals surface area contributed by atoms with Gasteiger partial charge in [0, 0.05) is 11.5 Å². The Kier molecular flexibility index (Phi) is 3.98.